The molecule has 0 saturated carbocycles. The number of carbonyl (C=O) groups excluding carboxylic acids is 2. The van der Waals surface area contributed by atoms with Gasteiger partial charge in [-0.05, 0) is 59.7 Å². The lowest BCUT2D eigenvalue weighted by molar-refractivity contribution is -0.148. The Morgan fingerprint density at radius 3 is 2.61 bits per heavy atom. The van der Waals surface area contributed by atoms with Crippen LogP contribution < -0.4 is 19.5 Å². The Balaban J connectivity index is 1.34. The summed E-state index contributed by atoms with van der Waals surface area (Å²) in [6.45, 7) is 1.66. The van der Waals surface area contributed by atoms with Crippen molar-refractivity contribution in [3.63, 3.8) is 0 Å². The molecule has 1 heterocycles. The van der Waals surface area contributed by atoms with Crippen LogP contribution >= 0.6 is 0 Å². The first-order valence-electron chi connectivity index (χ1n) is 9.69. The second kappa shape index (κ2) is 8.79. The standard InChI is InChI=1S/C24H21NO6/c1-15(24(27)25-19-7-9-21-22(13-19)30-14-29-21)31-23(26)10-4-16-3-5-18-12-20(28-2)8-6-17(18)11-16/h3-13,15H,14H2,1-2H3,(H,25,27)/b10-4+/t15-/m0/s1. The van der Waals surface area contributed by atoms with E-state index in [9.17, 15) is 9.59 Å². The third kappa shape index (κ3) is 4.78. The highest BCUT2D eigenvalue weighted by atomic mass is 16.7. The van der Waals surface area contributed by atoms with E-state index in [0.717, 1.165) is 22.1 Å². The van der Waals surface area contributed by atoms with Crippen LogP contribution in [0, 0.1) is 0 Å². The van der Waals surface area contributed by atoms with Crippen LogP contribution in [0.3, 0.4) is 0 Å². The average molecular weight is 419 g/mol. The number of fused-ring (bicyclic) bond motifs is 2. The maximum Gasteiger partial charge on any atom is 0.331 e. The lowest BCUT2D eigenvalue weighted by atomic mass is 10.1. The number of carbonyl (C=O) groups is 2. The van der Waals surface area contributed by atoms with E-state index in [4.69, 9.17) is 18.9 Å². The van der Waals surface area contributed by atoms with Gasteiger partial charge in [0, 0.05) is 17.8 Å². The van der Waals surface area contributed by atoms with Gasteiger partial charge < -0.3 is 24.3 Å². The van der Waals surface area contributed by atoms with Gasteiger partial charge in [0.2, 0.25) is 6.79 Å². The minimum absolute atomic E-state index is 0.151. The molecule has 4 rings (SSSR count). The molecule has 0 aliphatic carbocycles. The number of benzene rings is 3. The zero-order valence-electron chi connectivity index (χ0n) is 17.1. The fourth-order valence-corrected chi connectivity index (χ4v) is 3.12. The van der Waals surface area contributed by atoms with Crippen LogP contribution in [0.5, 0.6) is 17.2 Å². The number of amides is 1. The number of ether oxygens (including phenoxy) is 4. The second-order valence-electron chi connectivity index (χ2n) is 6.94. The van der Waals surface area contributed by atoms with Crippen LogP contribution in [0.25, 0.3) is 16.8 Å². The van der Waals surface area contributed by atoms with Crippen LogP contribution in [0.2, 0.25) is 0 Å². The molecular weight excluding hydrogens is 398 g/mol. The summed E-state index contributed by atoms with van der Waals surface area (Å²) >= 11 is 0. The lowest BCUT2D eigenvalue weighted by Gasteiger charge is -2.12. The van der Waals surface area contributed by atoms with Crippen molar-refractivity contribution in [1.82, 2.24) is 0 Å². The van der Waals surface area contributed by atoms with Crippen molar-refractivity contribution in [2.24, 2.45) is 0 Å². The number of methoxy groups -OCH3 is 1. The molecule has 0 bridgehead atoms. The van der Waals surface area contributed by atoms with Crippen LogP contribution in [0.1, 0.15) is 12.5 Å². The van der Waals surface area contributed by atoms with Gasteiger partial charge in [-0.25, -0.2) is 4.79 Å². The topological polar surface area (TPSA) is 83.1 Å². The lowest BCUT2D eigenvalue weighted by Crippen LogP contribution is -2.29. The molecule has 1 N–H and O–H groups in total. The molecule has 1 atom stereocenters. The van der Waals surface area contributed by atoms with Crippen molar-refractivity contribution in [1.29, 1.82) is 0 Å². The summed E-state index contributed by atoms with van der Waals surface area (Å²) in [5.74, 6) is 0.908. The van der Waals surface area contributed by atoms with Crippen molar-refractivity contribution in [3.8, 4) is 17.2 Å². The predicted molar refractivity (Wildman–Crippen MR) is 116 cm³/mol. The molecule has 1 amide bonds. The van der Waals surface area contributed by atoms with E-state index in [0.29, 0.717) is 17.2 Å². The molecule has 31 heavy (non-hydrogen) atoms. The SMILES string of the molecule is COc1ccc2cc(/C=C/C(=O)O[C@@H](C)C(=O)Nc3ccc4c(c3)OCO4)ccc2c1. The molecule has 7 heteroatoms. The zero-order valence-corrected chi connectivity index (χ0v) is 17.1. The van der Waals surface area contributed by atoms with Gasteiger partial charge in [0.05, 0.1) is 7.11 Å². The van der Waals surface area contributed by atoms with Crippen molar-refractivity contribution < 1.29 is 28.5 Å². The van der Waals surface area contributed by atoms with Crippen molar-refractivity contribution >= 4 is 34.4 Å². The van der Waals surface area contributed by atoms with E-state index in [1.807, 2.05) is 36.4 Å². The number of anilines is 1. The molecule has 0 unspecified atom stereocenters. The minimum atomic E-state index is -0.966. The summed E-state index contributed by atoms with van der Waals surface area (Å²) < 4.78 is 21.0. The van der Waals surface area contributed by atoms with E-state index in [1.165, 1.54) is 13.0 Å². The van der Waals surface area contributed by atoms with Gasteiger partial charge in [0.25, 0.3) is 5.91 Å². The van der Waals surface area contributed by atoms with Crippen LogP contribution in [0.15, 0.2) is 60.7 Å². The van der Waals surface area contributed by atoms with E-state index in [-0.39, 0.29) is 6.79 Å². The van der Waals surface area contributed by atoms with Gasteiger partial charge >= 0.3 is 5.97 Å². The highest BCUT2D eigenvalue weighted by molar-refractivity contribution is 5.97. The third-order valence-electron chi connectivity index (χ3n) is 4.79. The fraction of sp³-hybridized carbons (Fsp3) is 0.167. The highest BCUT2D eigenvalue weighted by Gasteiger charge is 2.19. The Hall–Kier alpha value is -4.00. The Morgan fingerprint density at radius 2 is 1.77 bits per heavy atom. The van der Waals surface area contributed by atoms with Crippen LogP contribution in [0.4, 0.5) is 5.69 Å². The number of esters is 1. The van der Waals surface area contributed by atoms with Crippen molar-refractivity contribution in [3.05, 3.63) is 66.2 Å². The molecule has 0 radical (unpaired) electrons. The highest BCUT2D eigenvalue weighted by Crippen LogP contribution is 2.34. The molecule has 0 aromatic heterocycles. The first kappa shape index (κ1) is 20.3. The summed E-state index contributed by atoms with van der Waals surface area (Å²) in [7, 11) is 1.63. The quantitative estimate of drug-likeness (QED) is 0.477. The Morgan fingerprint density at radius 1 is 1.00 bits per heavy atom. The molecule has 1 aliphatic heterocycles. The largest absolute Gasteiger partial charge is 0.497 e. The number of hydrogen-bond donors (Lipinski definition) is 1. The summed E-state index contributed by atoms with van der Waals surface area (Å²) in [6.07, 6.45) is 1.98. The molecule has 0 fully saturated rings. The molecule has 3 aromatic rings. The monoisotopic (exact) mass is 419 g/mol. The maximum atomic E-state index is 12.3. The first-order chi connectivity index (χ1) is 15.0. The van der Waals surface area contributed by atoms with Gasteiger partial charge in [0.1, 0.15) is 5.75 Å². The van der Waals surface area contributed by atoms with Gasteiger partial charge in [-0.1, -0.05) is 18.2 Å². The smallest absolute Gasteiger partial charge is 0.331 e. The number of nitrogens with one attached hydrogen (secondary N) is 1. The van der Waals surface area contributed by atoms with E-state index in [1.54, 1.807) is 31.4 Å². The summed E-state index contributed by atoms with van der Waals surface area (Å²) in [5, 5.41) is 4.75. The summed E-state index contributed by atoms with van der Waals surface area (Å²) in [5.41, 5.74) is 1.37. The Kier molecular flexibility index (Phi) is 5.75. The van der Waals surface area contributed by atoms with Crippen LogP contribution in [-0.2, 0) is 14.3 Å². The molecule has 0 spiro atoms. The Bertz CT molecular complexity index is 1170. The number of rotatable bonds is 6. The average Bonchev–Trinajstić information content (AvgIpc) is 3.25. The summed E-state index contributed by atoms with van der Waals surface area (Å²) in [4.78, 5) is 24.5. The van der Waals surface area contributed by atoms with Gasteiger partial charge in [0.15, 0.2) is 17.6 Å². The predicted octanol–water partition coefficient (Wildman–Crippen LogP) is 4.16. The molecule has 158 valence electrons. The molecule has 7 nitrogen and oxygen atoms in total. The first-order valence-corrected chi connectivity index (χ1v) is 9.69. The Labute approximate surface area is 179 Å². The van der Waals surface area contributed by atoms with E-state index < -0.39 is 18.0 Å². The minimum Gasteiger partial charge on any atom is -0.497 e. The van der Waals surface area contributed by atoms with E-state index >= 15 is 0 Å². The molecule has 1 aliphatic rings. The normalized spacial score (nSPS) is 13.2. The third-order valence-corrected chi connectivity index (χ3v) is 4.79. The maximum absolute atomic E-state index is 12.3. The van der Waals surface area contributed by atoms with E-state index in [2.05, 4.69) is 5.32 Å². The second-order valence-corrected chi connectivity index (χ2v) is 6.94. The molecular formula is C24H21NO6. The van der Waals surface area contributed by atoms with Gasteiger partial charge in [-0.3, -0.25) is 4.79 Å². The van der Waals surface area contributed by atoms with Crippen molar-refractivity contribution in [2.45, 2.75) is 13.0 Å². The molecule has 3 aromatic carbocycles. The van der Waals surface area contributed by atoms with Gasteiger partial charge in [-0.15, -0.1) is 0 Å². The number of hydrogen-bond acceptors (Lipinski definition) is 6. The van der Waals surface area contributed by atoms with Crippen LogP contribution in [-0.4, -0.2) is 31.9 Å². The summed E-state index contributed by atoms with van der Waals surface area (Å²) in [6, 6.07) is 16.6. The van der Waals surface area contributed by atoms with Gasteiger partial charge in [-0.2, -0.15) is 0 Å². The fourth-order valence-electron chi connectivity index (χ4n) is 3.12. The molecule has 0 saturated heterocycles. The van der Waals surface area contributed by atoms with Crippen molar-refractivity contribution in [2.75, 3.05) is 19.2 Å². The zero-order chi connectivity index (χ0) is 21.8.